The zero-order chi connectivity index (χ0) is 46.0. The van der Waals surface area contributed by atoms with Crippen LogP contribution in [0.5, 0.6) is 0 Å². The second-order valence-electron chi connectivity index (χ2n) is 19.3. The van der Waals surface area contributed by atoms with Crippen molar-refractivity contribution in [3.8, 4) is 11.4 Å². The molecule has 2 aliphatic carbocycles. The lowest BCUT2D eigenvalue weighted by Gasteiger charge is -2.36. The highest BCUT2D eigenvalue weighted by Crippen LogP contribution is 2.45. The lowest BCUT2D eigenvalue weighted by atomic mass is 9.81. The molecule has 15 heteroatoms. The van der Waals surface area contributed by atoms with Gasteiger partial charge in [0.05, 0.1) is 51.5 Å². The molecule has 0 bridgehead atoms. The summed E-state index contributed by atoms with van der Waals surface area (Å²) in [5.74, 6) is 0.159. The number of pyridine rings is 2. The third-order valence-corrected chi connectivity index (χ3v) is 15.0. The summed E-state index contributed by atoms with van der Waals surface area (Å²) in [4.78, 5) is 51.5. The molecule has 0 spiro atoms. The maximum absolute atomic E-state index is 12.1. The van der Waals surface area contributed by atoms with Gasteiger partial charge in [-0.25, -0.2) is 28.9 Å². The molecule has 6 aromatic rings. The zero-order valence-corrected chi connectivity index (χ0v) is 38.4. The second-order valence-corrected chi connectivity index (χ2v) is 19.3. The monoisotopic (exact) mass is 907 g/mol. The first-order valence-corrected chi connectivity index (χ1v) is 24.4. The van der Waals surface area contributed by atoms with Crippen LogP contribution in [0.25, 0.3) is 33.4 Å². The smallest absolute Gasteiger partial charge is 0.354 e. The van der Waals surface area contributed by atoms with Crippen molar-refractivity contribution >= 4 is 51.7 Å². The number of likely N-dealkylation sites (tertiary alicyclic amines) is 1. The average molecular weight is 908 g/mol. The lowest BCUT2D eigenvalue weighted by Crippen LogP contribution is -2.38. The number of carbonyl (C=O) groups excluding carboxylic acids is 1. The highest BCUT2D eigenvalue weighted by Gasteiger charge is 2.34. The maximum atomic E-state index is 12.1. The number of methoxy groups -OCH3 is 1. The van der Waals surface area contributed by atoms with Crippen LogP contribution in [0, 0.1) is 17.8 Å². The molecule has 0 unspecified atom stereocenters. The Labute approximate surface area is 390 Å². The lowest BCUT2D eigenvalue weighted by molar-refractivity contribution is -0.111. The van der Waals surface area contributed by atoms with E-state index in [2.05, 4.69) is 24.7 Å². The highest BCUT2D eigenvalue weighted by atomic mass is 16.5. The minimum Gasteiger partial charge on any atom is -0.477 e. The van der Waals surface area contributed by atoms with Gasteiger partial charge in [0.2, 0.25) is 0 Å². The van der Waals surface area contributed by atoms with Gasteiger partial charge < -0.3 is 34.4 Å². The van der Waals surface area contributed by atoms with Gasteiger partial charge in [-0.1, -0.05) is 49.2 Å². The molecule has 11 rings (SSSR count). The van der Waals surface area contributed by atoms with E-state index in [1.165, 1.54) is 25.8 Å². The molecule has 7 heterocycles. The number of aldehydes is 1. The quantitative estimate of drug-likeness (QED) is 0.106. The first-order chi connectivity index (χ1) is 32.8. The fourth-order valence-corrected chi connectivity index (χ4v) is 10.8. The molecule has 0 radical (unpaired) electrons. The number of carboxylic acid groups (broad SMARTS) is 2. The molecule has 3 saturated heterocycles. The molecule has 3 aliphatic heterocycles. The number of fused-ring (bicyclic) bond motifs is 2. The number of hydrogen-bond acceptors (Lipinski definition) is 11. The predicted octanol–water partition coefficient (Wildman–Crippen LogP) is 8.37. The molecule has 350 valence electrons. The summed E-state index contributed by atoms with van der Waals surface area (Å²) >= 11 is 0. The van der Waals surface area contributed by atoms with Crippen LogP contribution < -0.4 is 9.80 Å². The number of nitrogens with zero attached hydrogens (tertiary/aromatic N) is 9. The molecule has 5 fully saturated rings. The van der Waals surface area contributed by atoms with Gasteiger partial charge in [0.1, 0.15) is 6.29 Å². The van der Waals surface area contributed by atoms with E-state index in [4.69, 9.17) is 14.9 Å². The Morgan fingerprint density at radius 2 is 1.10 bits per heavy atom. The van der Waals surface area contributed by atoms with Gasteiger partial charge in [0.15, 0.2) is 22.7 Å². The summed E-state index contributed by atoms with van der Waals surface area (Å²) in [5, 5.41) is 31.7. The van der Waals surface area contributed by atoms with Crippen LogP contribution in [0.2, 0.25) is 0 Å². The van der Waals surface area contributed by atoms with Crippen molar-refractivity contribution < 1.29 is 29.3 Å². The van der Waals surface area contributed by atoms with Gasteiger partial charge in [-0.3, -0.25) is 0 Å². The summed E-state index contributed by atoms with van der Waals surface area (Å²) in [5.41, 5.74) is 7.10. The van der Waals surface area contributed by atoms with Crippen LogP contribution in [0.4, 0.5) is 11.4 Å². The van der Waals surface area contributed by atoms with Crippen LogP contribution in [0.15, 0.2) is 72.8 Å². The summed E-state index contributed by atoms with van der Waals surface area (Å²) in [6.45, 7) is 7.63. The SMILES string of the molecule is COC[C@@H]1CCN(CC2CCN(c3cc(C(=O)O)nc4c3c(C3CCC3)nn4-c3ccccc3)CC2)C1.O=CC1CCN(c2cc(C(=O)O)nc3c2c(C2CCC2)nn3-c2ccccc2)CC1. The standard InChI is InChI=1S/C29H37N5O3.C23H24N4O3/c1-37-19-21-10-13-32(18-21)17-20-11-14-33(15-12-20)25-16-24(29(35)36)30-28-26(25)27(22-6-5-7-22)31-34(28)23-8-3-2-4-9-23;28-14-15-9-11-26(12-10-15)19-13-18(23(29)30)24-22-20(19)21(16-5-4-6-16)25-27(22)17-7-2-1-3-8-17/h2-4,8-9,16,20-22H,5-7,10-15,17-19H2,1H3,(H,35,36);1-3,7-8,13-16H,4-6,9-12H2,(H,29,30)/t21-;/m1./s1. The summed E-state index contributed by atoms with van der Waals surface area (Å²) in [7, 11) is 1.80. The van der Waals surface area contributed by atoms with E-state index in [0.717, 1.165) is 148 Å². The Kier molecular flexibility index (Phi) is 13.0. The van der Waals surface area contributed by atoms with E-state index in [1.807, 2.05) is 65.3 Å². The first-order valence-electron chi connectivity index (χ1n) is 24.4. The Balaban J connectivity index is 0.000000160. The summed E-state index contributed by atoms with van der Waals surface area (Å²) in [6.07, 6.45) is 12.9. The Bertz CT molecular complexity index is 2720. The van der Waals surface area contributed by atoms with E-state index < -0.39 is 11.9 Å². The van der Waals surface area contributed by atoms with E-state index >= 15 is 0 Å². The Morgan fingerprint density at radius 3 is 1.52 bits per heavy atom. The van der Waals surface area contributed by atoms with Crippen molar-refractivity contribution in [2.24, 2.45) is 17.8 Å². The number of piperidine rings is 2. The largest absolute Gasteiger partial charge is 0.477 e. The van der Waals surface area contributed by atoms with Gasteiger partial charge in [0.25, 0.3) is 0 Å². The number of ether oxygens (including phenoxy) is 1. The van der Waals surface area contributed by atoms with Crippen LogP contribution >= 0.6 is 0 Å². The number of rotatable bonds is 13. The van der Waals surface area contributed by atoms with Crippen LogP contribution in [-0.2, 0) is 9.53 Å². The molecule has 2 saturated carbocycles. The van der Waals surface area contributed by atoms with E-state index in [0.29, 0.717) is 35.0 Å². The Morgan fingerprint density at radius 1 is 0.642 bits per heavy atom. The van der Waals surface area contributed by atoms with E-state index in [-0.39, 0.29) is 17.3 Å². The minimum absolute atomic E-state index is 0.0206. The van der Waals surface area contributed by atoms with Crippen molar-refractivity contribution in [1.29, 1.82) is 0 Å². The normalized spacial score (nSPS) is 19.9. The van der Waals surface area contributed by atoms with Crippen LogP contribution in [-0.4, -0.2) is 122 Å². The Hall–Kier alpha value is -6.19. The number of aromatic carboxylic acids is 2. The summed E-state index contributed by atoms with van der Waals surface area (Å²) < 4.78 is 9.02. The number of anilines is 2. The molecule has 2 aromatic carbocycles. The average Bonchev–Trinajstić information content (AvgIpc) is 4.04. The highest BCUT2D eigenvalue weighted by molar-refractivity contribution is 6.00. The fourth-order valence-electron chi connectivity index (χ4n) is 10.8. The molecular formula is C52H61N9O6. The second kappa shape index (κ2) is 19.6. The summed E-state index contributed by atoms with van der Waals surface area (Å²) in [6, 6.07) is 23.2. The van der Waals surface area contributed by atoms with Crippen LogP contribution in [0.3, 0.4) is 0 Å². The molecule has 2 N–H and O–H groups in total. The van der Waals surface area contributed by atoms with Crippen LogP contribution in [0.1, 0.15) is 115 Å². The number of carbonyl (C=O) groups is 3. The minimum atomic E-state index is -1.05. The topological polar surface area (TPSA) is 172 Å². The van der Waals surface area contributed by atoms with Gasteiger partial charge in [-0.15, -0.1) is 0 Å². The molecule has 15 nitrogen and oxygen atoms in total. The number of benzene rings is 2. The third-order valence-electron chi connectivity index (χ3n) is 15.0. The molecule has 5 aliphatic rings. The molecule has 0 amide bonds. The van der Waals surface area contributed by atoms with Crippen molar-refractivity contribution in [3.05, 3.63) is 95.6 Å². The predicted molar refractivity (Wildman–Crippen MR) is 257 cm³/mol. The molecule has 1 atom stereocenters. The number of hydrogen-bond donors (Lipinski definition) is 2. The van der Waals surface area contributed by atoms with Crippen molar-refractivity contribution in [3.63, 3.8) is 0 Å². The van der Waals surface area contributed by atoms with Crippen molar-refractivity contribution in [2.45, 2.75) is 82.5 Å². The molecular weight excluding hydrogens is 847 g/mol. The van der Waals surface area contributed by atoms with Gasteiger partial charge >= 0.3 is 11.9 Å². The number of aromatic nitrogens is 6. The van der Waals surface area contributed by atoms with Crippen molar-refractivity contribution in [1.82, 2.24) is 34.4 Å². The zero-order valence-electron chi connectivity index (χ0n) is 38.4. The van der Waals surface area contributed by atoms with Gasteiger partial charge in [-0.05, 0) is 113 Å². The number of para-hydroxylation sites is 2. The van der Waals surface area contributed by atoms with E-state index in [9.17, 15) is 24.6 Å². The molecule has 4 aromatic heterocycles. The van der Waals surface area contributed by atoms with Gasteiger partial charge in [0, 0.05) is 64.1 Å². The third kappa shape index (κ3) is 9.15. The number of carboxylic acids is 2. The fraction of sp³-hybridized carbons (Fsp3) is 0.481. The maximum Gasteiger partial charge on any atom is 0.354 e. The molecule has 67 heavy (non-hydrogen) atoms. The van der Waals surface area contributed by atoms with E-state index in [1.54, 1.807) is 23.9 Å². The van der Waals surface area contributed by atoms with Crippen molar-refractivity contribution in [2.75, 3.05) is 69.3 Å². The first kappa shape index (κ1) is 44.6. The van der Waals surface area contributed by atoms with Gasteiger partial charge in [-0.2, -0.15) is 10.2 Å².